The van der Waals surface area contributed by atoms with E-state index in [1.54, 1.807) is 6.20 Å². The van der Waals surface area contributed by atoms with Gasteiger partial charge in [-0.3, -0.25) is 14.0 Å². The average molecular weight is 335 g/mol. The molecule has 4 aromatic rings. The number of fused-ring (bicyclic) bond motifs is 2. The number of thiazole rings is 1. The second-order valence-corrected chi connectivity index (χ2v) is 6.67. The number of benzene rings is 2. The number of rotatable bonds is 2. The van der Waals surface area contributed by atoms with Crippen LogP contribution in [0.1, 0.15) is 15.2 Å². The molecule has 0 unspecified atom stereocenters. The van der Waals surface area contributed by atoms with Gasteiger partial charge in [0.2, 0.25) is 0 Å². The van der Waals surface area contributed by atoms with Crippen molar-refractivity contribution in [3.05, 3.63) is 75.7 Å². The van der Waals surface area contributed by atoms with Gasteiger partial charge >= 0.3 is 0 Å². The number of nitrogens with zero attached hydrogens (tertiary/aromatic N) is 2. The molecule has 0 saturated carbocycles. The predicted octanol–water partition coefficient (Wildman–Crippen LogP) is 3.47. The SMILES string of the molecule is Cc1cn2c(=O)c(C(=O)Nc3cccc4ccccc34)cnc2s1. The lowest BCUT2D eigenvalue weighted by molar-refractivity contribution is 0.102. The van der Waals surface area contributed by atoms with Crippen LogP contribution in [0.5, 0.6) is 0 Å². The summed E-state index contributed by atoms with van der Waals surface area (Å²) in [4.78, 5) is 30.8. The second kappa shape index (κ2) is 5.58. The highest BCUT2D eigenvalue weighted by atomic mass is 32.1. The Labute approximate surface area is 141 Å². The number of carbonyl (C=O) groups excluding carboxylic acids is 1. The number of aromatic nitrogens is 2. The quantitative estimate of drug-likeness (QED) is 0.610. The molecular formula is C18H13N3O2S. The highest BCUT2D eigenvalue weighted by molar-refractivity contribution is 7.16. The number of amides is 1. The topological polar surface area (TPSA) is 63.5 Å². The fourth-order valence-corrected chi connectivity index (χ4v) is 3.46. The van der Waals surface area contributed by atoms with Gasteiger partial charge in [0.1, 0.15) is 5.56 Å². The maximum Gasteiger partial charge on any atom is 0.271 e. The first-order valence-corrected chi connectivity index (χ1v) is 8.22. The Kier molecular flexibility index (Phi) is 3.39. The van der Waals surface area contributed by atoms with Crippen LogP contribution in [-0.4, -0.2) is 15.3 Å². The maximum atomic E-state index is 12.6. The summed E-state index contributed by atoms with van der Waals surface area (Å²) >= 11 is 1.41. The molecule has 24 heavy (non-hydrogen) atoms. The molecular weight excluding hydrogens is 322 g/mol. The Morgan fingerprint density at radius 3 is 2.83 bits per heavy atom. The van der Waals surface area contributed by atoms with Crippen LogP contribution in [0.15, 0.2) is 59.7 Å². The molecule has 0 spiro atoms. The van der Waals surface area contributed by atoms with Crippen LogP contribution in [0.3, 0.4) is 0 Å². The number of carbonyl (C=O) groups is 1. The third-order valence-corrected chi connectivity index (χ3v) is 4.72. The molecule has 0 atom stereocenters. The Balaban J connectivity index is 1.76. The van der Waals surface area contributed by atoms with Gasteiger partial charge in [-0.2, -0.15) is 0 Å². The number of anilines is 1. The fraction of sp³-hybridized carbons (Fsp3) is 0.0556. The van der Waals surface area contributed by atoms with Gasteiger partial charge in [-0.25, -0.2) is 4.98 Å². The van der Waals surface area contributed by atoms with E-state index in [1.165, 1.54) is 21.9 Å². The van der Waals surface area contributed by atoms with Gasteiger partial charge in [0.15, 0.2) is 4.96 Å². The summed E-state index contributed by atoms with van der Waals surface area (Å²) in [6.07, 6.45) is 3.04. The Morgan fingerprint density at radius 2 is 1.96 bits per heavy atom. The first-order valence-electron chi connectivity index (χ1n) is 7.40. The van der Waals surface area contributed by atoms with Gasteiger partial charge in [0, 0.05) is 28.3 Å². The van der Waals surface area contributed by atoms with E-state index in [4.69, 9.17) is 0 Å². The van der Waals surface area contributed by atoms with Crippen molar-refractivity contribution >= 4 is 38.7 Å². The zero-order valence-electron chi connectivity index (χ0n) is 12.8. The van der Waals surface area contributed by atoms with E-state index in [2.05, 4.69) is 10.3 Å². The Bertz CT molecular complexity index is 1140. The first kappa shape index (κ1) is 14.6. The summed E-state index contributed by atoms with van der Waals surface area (Å²) in [5.74, 6) is -0.456. The molecule has 5 nitrogen and oxygen atoms in total. The molecule has 2 aromatic carbocycles. The number of hydrogen-bond acceptors (Lipinski definition) is 4. The summed E-state index contributed by atoms with van der Waals surface area (Å²) in [7, 11) is 0. The minimum atomic E-state index is -0.456. The van der Waals surface area contributed by atoms with Crippen molar-refractivity contribution in [2.45, 2.75) is 6.92 Å². The molecule has 6 heteroatoms. The Morgan fingerprint density at radius 1 is 1.17 bits per heavy atom. The number of nitrogens with one attached hydrogen (secondary N) is 1. The fourth-order valence-electron chi connectivity index (χ4n) is 2.68. The van der Waals surface area contributed by atoms with Crippen molar-refractivity contribution in [1.29, 1.82) is 0 Å². The van der Waals surface area contributed by atoms with Crippen molar-refractivity contribution < 1.29 is 4.79 Å². The molecule has 118 valence electrons. The third-order valence-electron chi connectivity index (χ3n) is 3.81. The van der Waals surface area contributed by atoms with Crippen molar-refractivity contribution in [2.24, 2.45) is 0 Å². The molecule has 2 aromatic heterocycles. The highest BCUT2D eigenvalue weighted by Crippen LogP contribution is 2.23. The normalized spacial score (nSPS) is 11.0. The zero-order valence-corrected chi connectivity index (χ0v) is 13.6. The monoisotopic (exact) mass is 335 g/mol. The van der Waals surface area contributed by atoms with Gasteiger partial charge < -0.3 is 5.32 Å². The zero-order chi connectivity index (χ0) is 16.7. The highest BCUT2D eigenvalue weighted by Gasteiger charge is 2.15. The molecule has 0 fully saturated rings. The van der Waals surface area contributed by atoms with Crippen LogP contribution in [0.2, 0.25) is 0 Å². The lowest BCUT2D eigenvalue weighted by Gasteiger charge is -2.08. The molecule has 0 aliphatic rings. The smallest absolute Gasteiger partial charge is 0.271 e. The molecule has 1 N–H and O–H groups in total. The Hall–Kier alpha value is -2.99. The summed E-state index contributed by atoms with van der Waals surface area (Å²) in [6, 6.07) is 13.4. The van der Waals surface area contributed by atoms with Crippen molar-refractivity contribution in [3.63, 3.8) is 0 Å². The molecule has 4 rings (SSSR count). The summed E-state index contributed by atoms with van der Waals surface area (Å²) in [6.45, 7) is 1.90. The van der Waals surface area contributed by atoms with Crippen molar-refractivity contribution in [2.75, 3.05) is 5.32 Å². The van der Waals surface area contributed by atoms with E-state index >= 15 is 0 Å². The average Bonchev–Trinajstić information content (AvgIpc) is 2.97. The van der Waals surface area contributed by atoms with E-state index in [0.29, 0.717) is 10.6 Å². The molecule has 2 heterocycles. The van der Waals surface area contributed by atoms with Gasteiger partial charge in [0.05, 0.1) is 0 Å². The maximum absolute atomic E-state index is 12.6. The lowest BCUT2D eigenvalue weighted by Crippen LogP contribution is -2.25. The van der Waals surface area contributed by atoms with Crippen LogP contribution in [0, 0.1) is 6.92 Å². The van der Waals surface area contributed by atoms with E-state index < -0.39 is 5.91 Å². The van der Waals surface area contributed by atoms with Crippen molar-refractivity contribution in [3.8, 4) is 0 Å². The number of aryl methyl sites for hydroxylation is 1. The van der Waals surface area contributed by atoms with E-state index in [1.807, 2.05) is 49.4 Å². The van der Waals surface area contributed by atoms with E-state index in [0.717, 1.165) is 15.6 Å². The minimum absolute atomic E-state index is 0.0261. The van der Waals surface area contributed by atoms with Crippen LogP contribution in [0.25, 0.3) is 15.7 Å². The second-order valence-electron chi connectivity index (χ2n) is 5.45. The standard InChI is InChI=1S/C18H13N3O2S/c1-11-10-21-17(23)14(9-19-18(21)24-11)16(22)20-15-8-4-6-12-5-2-3-7-13(12)15/h2-10H,1H3,(H,20,22). The molecule has 0 radical (unpaired) electrons. The van der Waals surface area contributed by atoms with Crippen LogP contribution >= 0.6 is 11.3 Å². The van der Waals surface area contributed by atoms with Gasteiger partial charge in [-0.15, -0.1) is 11.3 Å². The van der Waals surface area contributed by atoms with Crippen LogP contribution in [0.4, 0.5) is 5.69 Å². The van der Waals surface area contributed by atoms with Gasteiger partial charge in [-0.1, -0.05) is 36.4 Å². The summed E-state index contributed by atoms with van der Waals surface area (Å²) in [5.41, 5.74) is 0.337. The van der Waals surface area contributed by atoms with Crippen molar-refractivity contribution in [1.82, 2.24) is 9.38 Å². The summed E-state index contributed by atoms with van der Waals surface area (Å²) in [5, 5.41) is 4.77. The first-order chi connectivity index (χ1) is 11.6. The minimum Gasteiger partial charge on any atom is -0.321 e. The lowest BCUT2D eigenvalue weighted by atomic mass is 10.1. The number of hydrogen-bond donors (Lipinski definition) is 1. The molecule has 0 aliphatic carbocycles. The summed E-state index contributed by atoms with van der Waals surface area (Å²) < 4.78 is 1.41. The third kappa shape index (κ3) is 2.37. The predicted molar refractivity (Wildman–Crippen MR) is 96.0 cm³/mol. The van der Waals surface area contributed by atoms with E-state index in [-0.39, 0.29) is 11.1 Å². The van der Waals surface area contributed by atoms with Crippen LogP contribution < -0.4 is 10.9 Å². The van der Waals surface area contributed by atoms with E-state index in [9.17, 15) is 9.59 Å². The molecule has 0 bridgehead atoms. The largest absolute Gasteiger partial charge is 0.321 e. The van der Waals surface area contributed by atoms with Gasteiger partial charge in [-0.05, 0) is 18.4 Å². The van der Waals surface area contributed by atoms with Gasteiger partial charge in [0.25, 0.3) is 11.5 Å². The molecule has 0 aliphatic heterocycles. The molecule has 0 saturated heterocycles. The molecule has 1 amide bonds. The van der Waals surface area contributed by atoms with Crippen LogP contribution in [-0.2, 0) is 0 Å².